The molecule has 1 atom stereocenters. The highest BCUT2D eigenvalue weighted by Gasteiger charge is 2.37. The number of likely N-dealkylation sites (tertiary alicyclic amines) is 1. The smallest absolute Gasteiger partial charge is 0.316 e. The number of ether oxygens (including phenoxy) is 1. The lowest BCUT2D eigenvalue weighted by Crippen LogP contribution is -2.55. The third kappa shape index (κ3) is 4.15. The molecule has 3 amide bonds. The maximum atomic E-state index is 12.6. The molecule has 7 heteroatoms. The van der Waals surface area contributed by atoms with Gasteiger partial charge in [-0.2, -0.15) is 0 Å². The van der Waals surface area contributed by atoms with Gasteiger partial charge in [0.2, 0.25) is 5.91 Å². The number of piperazine rings is 1. The average molecular weight is 407 g/mol. The first-order chi connectivity index (χ1) is 14.5. The molecule has 0 radical (unpaired) electrons. The Morgan fingerprint density at radius 1 is 0.900 bits per heavy atom. The van der Waals surface area contributed by atoms with Gasteiger partial charge in [0.25, 0.3) is 0 Å². The van der Waals surface area contributed by atoms with Crippen molar-refractivity contribution in [2.45, 2.75) is 13.0 Å². The number of carbonyl (C=O) groups is 3. The van der Waals surface area contributed by atoms with Crippen molar-refractivity contribution in [1.82, 2.24) is 9.80 Å². The molecule has 0 aliphatic carbocycles. The van der Waals surface area contributed by atoms with Gasteiger partial charge in [-0.15, -0.1) is 0 Å². The summed E-state index contributed by atoms with van der Waals surface area (Å²) in [5.74, 6) is -0.103. The van der Waals surface area contributed by atoms with Crippen LogP contribution in [0, 0.1) is 5.92 Å². The first kappa shape index (κ1) is 19.9. The van der Waals surface area contributed by atoms with E-state index in [-0.39, 0.29) is 11.8 Å². The van der Waals surface area contributed by atoms with E-state index in [4.69, 9.17) is 4.74 Å². The molecule has 2 fully saturated rings. The van der Waals surface area contributed by atoms with Crippen molar-refractivity contribution in [3.05, 3.63) is 60.2 Å². The van der Waals surface area contributed by atoms with E-state index in [1.54, 1.807) is 12.0 Å². The molecule has 2 aromatic rings. The monoisotopic (exact) mass is 407 g/mol. The lowest BCUT2D eigenvalue weighted by molar-refractivity contribution is -0.146. The fourth-order valence-electron chi connectivity index (χ4n) is 4.10. The molecule has 2 aliphatic heterocycles. The summed E-state index contributed by atoms with van der Waals surface area (Å²) in [6.07, 6.45) is 0.399. The number of anilines is 1. The van der Waals surface area contributed by atoms with Gasteiger partial charge >= 0.3 is 11.8 Å². The van der Waals surface area contributed by atoms with Gasteiger partial charge in [-0.05, 0) is 29.8 Å². The highest BCUT2D eigenvalue weighted by atomic mass is 16.5. The van der Waals surface area contributed by atoms with Crippen LogP contribution in [-0.4, -0.2) is 60.8 Å². The number of carbonyl (C=O) groups excluding carboxylic acids is 3. The Labute approximate surface area is 175 Å². The topological polar surface area (TPSA) is 70.2 Å². The SMILES string of the molecule is COc1ccc(CN2CC(CN3CCN(c4ccccc4)C(=O)C3=O)CC2=O)cc1. The Morgan fingerprint density at radius 3 is 2.33 bits per heavy atom. The molecule has 0 aromatic heterocycles. The molecule has 2 aliphatic rings. The molecule has 4 rings (SSSR count). The third-order valence-corrected chi connectivity index (χ3v) is 5.68. The fraction of sp³-hybridized carbons (Fsp3) is 0.348. The van der Waals surface area contributed by atoms with Crippen LogP contribution < -0.4 is 9.64 Å². The second kappa shape index (κ2) is 8.57. The number of nitrogens with zero attached hydrogens (tertiary/aromatic N) is 3. The largest absolute Gasteiger partial charge is 0.497 e. The number of methoxy groups -OCH3 is 1. The lowest BCUT2D eigenvalue weighted by atomic mass is 10.1. The molecular weight excluding hydrogens is 382 g/mol. The zero-order valence-electron chi connectivity index (χ0n) is 17.0. The van der Waals surface area contributed by atoms with Crippen LogP contribution >= 0.6 is 0 Å². The van der Waals surface area contributed by atoms with Gasteiger partial charge in [0.05, 0.1) is 7.11 Å². The van der Waals surface area contributed by atoms with E-state index in [0.29, 0.717) is 39.1 Å². The third-order valence-electron chi connectivity index (χ3n) is 5.68. The lowest BCUT2D eigenvalue weighted by Gasteiger charge is -2.34. The minimum atomic E-state index is -0.508. The van der Waals surface area contributed by atoms with Crippen LogP contribution in [0.4, 0.5) is 5.69 Å². The van der Waals surface area contributed by atoms with E-state index in [0.717, 1.165) is 17.0 Å². The van der Waals surface area contributed by atoms with Gasteiger partial charge in [0, 0.05) is 50.7 Å². The number of benzene rings is 2. The summed E-state index contributed by atoms with van der Waals surface area (Å²) >= 11 is 0. The summed E-state index contributed by atoms with van der Waals surface area (Å²) in [6, 6.07) is 16.9. The molecule has 0 spiro atoms. The number of para-hydroxylation sites is 1. The molecule has 30 heavy (non-hydrogen) atoms. The van der Waals surface area contributed by atoms with E-state index in [2.05, 4.69) is 0 Å². The number of hydrogen-bond donors (Lipinski definition) is 0. The van der Waals surface area contributed by atoms with Crippen LogP contribution in [0.1, 0.15) is 12.0 Å². The van der Waals surface area contributed by atoms with Gasteiger partial charge < -0.3 is 19.4 Å². The molecule has 0 N–H and O–H groups in total. The maximum absolute atomic E-state index is 12.6. The molecule has 7 nitrogen and oxygen atoms in total. The summed E-state index contributed by atoms with van der Waals surface area (Å²) in [6.45, 7) is 2.49. The van der Waals surface area contributed by atoms with Gasteiger partial charge in [-0.3, -0.25) is 14.4 Å². The maximum Gasteiger partial charge on any atom is 0.316 e. The van der Waals surface area contributed by atoms with E-state index < -0.39 is 11.8 Å². The fourth-order valence-corrected chi connectivity index (χ4v) is 4.10. The van der Waals surface area contributed by atoms with Crippen molar-refractivity contribution in [1.29, 1.82) is 0 Å². The predicted octanol–water partition coefficient (Wildman–Crippen LogP) is 1.92. The predicted molar refractivity (Wildman–Crippen MR) is 112 cm³/mol. The van der Waals surface area contributed by atoms with E-state index in [1.807, 2.05) is 59.5 Å². The molecule has 1 unspecified atom stereocenters. The Bertz CT molecular complexity index is 929. The molecule has 2 aromatic carbocycles. The Kier molecular flexibility index (Phi) is 5.70. The minimum absolute atomic E-state index is 0.0378. The number of hydrogen-bond acceptors (Lipinski definition) is 4. The molecule has 0 bridgehead atoms. The van der Waals surface area contributed by atoms with Gasteiger partial charge in [-0.1, -0.05) is 30.3 Å². The molecule has 2 saturated heterocycles. The minimum Gasteiger partial charge on any atom is -0.497 e. The van der Waals surface area contributed by atoms with Gasteiger partial charge in [0.1, 0.15) is 5.75 Å². The Hall–Kier alpha value is -3.35. The second-order valence-electron chi connectivity index (χ2n) is 7.74. The molecular formula is C23H25N3O4. The van der Waals surface area contributed by atoms with Crippen molar-refractivity contribution in [2.24, 2.45) is 5.92 Å². The van der Waals surface area contributed by atoms with Crippen LogP contribution in [-0.2, 0) is 20.9 Å². The summed E-state index contributed by atoms with van der Waals surface area (Å²) in [4.78, 5) is 42.6. The Morgan fingerprint density at radius 2 is 1.63 bits per heavy atom. The van der Waals surface area contributed by atoms with Crippen molar-refractivity contribution >= 4 is 23.4 Å². The van der Waals surface area contributed by atoms with Gasteiger partial charge in [0.15, 0.2) is 0 Å². The highest BCUT2D eigenvalue weighted by Crippen LogP contribution is 2.24. The molecule has 0 saturated carbocycles. The van der Waals surface area contributed by atoms with E-state index in [9.17, 15) is 14.4 Å². The van der Waals surface area contributed by atoms with Crippen molar-refractivity contribution < 1.29 is 19.1 Å². The zero-order chi connectivity index (χ0) is 21.1. The normalized spacial score (nSPS) is 19.6. The standard InChI is InChI=1S/C23H25N3O4/c1-30-20-9-7-17(8-10-20)14-25-16-18(13-21(25)27)15-24-11-12-26(23(29)22(24)28)19-5-3-2-4-6-19/h2-10,18H,11-16H2,1H3. The quantitative estimate of drug-likeness (QED) is 0.686. The van der Waals surface area contributed by atoms with Gasteiger partial charge in [-0.25, -0.2) is 0 Å². The van der Waals surface area contributed by atoms with E-state index in [1.165, 1.54) is 4.90 Å². The van der Waals surface area contributed by atoms with Crippen LogP contribution in [0.2, 0.25) is 0 Å². The number of amides is 3. The van der Waals surface area contributed by atoms with Crippen LogP contribution in [0.3, 0.4) is 0 Å². The average Bonchev–Trinajstić information content (AvgIpc) is 3.11. The first-order valence-electron chi connectivity index (χ1n) is 10.1. The Balaban J connectivity index is 1.34. The summed E-state index contributed by atoms with van der Waals surface area (Å²) in [7, 11) is 1.62. The van der Waals surface area contributed by atoms with Crippen LogP contribution in [0.15, 0.2) is 54.6 Å². The summed E-state index contributed by atoms with van der Waals surface area (Å²) < 4.78 is 5.17. The number of rotatable bonds is 6. The van der Waals surface area contributed by atoms with Crippen LogP contribution in [0.25, 0.3) is 0 Å². The highest BCUT2D eigenvalue weighted by molar-refractivity contribution is 6.41. The summed E-state index contributed by atoms with van der Waals surface area (Å²) in [5, 5.41) is 0. The molecule has 156 valence electrons. The zero-order valence-corrected chi connectivity index (χ0v) is 17.0. The van der Waals surface area contributed by atoms with Crippen molar-refractivity contribution in [2.75, 3.05) is 38.2 Å². The first-order valence-corrected chi connectivity index (χ1v) is 10.1. The molecule has 2 heterocycles. The van der Waals surface area contributed by atoms with Crippen molar-refractivity contribution in [3.8, 4) is 5.75 Å². The van der Waals surface area contributed by atoms with Crippen molar-refractivity contribution in [3.63, 3.8) is 0 Å². The van der Waals surface area contributed by atoms with Crippen LogP contribution in [0.5, 0.6) is 5.75 Å². The second-order valence-corrected chi connectivity index (χ2v) is 7.74. The summed E-state index contributed by atoms with van der Waals surface area (Å²) in [5.41, 5.74) is 1.77. The van der Waals surface area contributed by atoms with E-state index >= 15 is 0 Å².